The summed E-state index contributed by atoms with van der Waals surface area (Å²) in [4.78, 5) is 0. The standard InChI is InChI=1S/C12H8ClF2NO/c13-7-1-4-10(16)12(5-7)17-11-6-8(14)2-3-9(11)15/h1-6H,16H2. The van der Waals surface area contributed by atoms with Gasteiger partial charge in [0, 0.05) is 17.2 Å². The summed E-state index contributed by atoms with van der Waals surface area (Å²) < 4.78 is 31.4. The predicted octanol–water partition coefficient (Wildman–Crippen LogP) is 3.99. The van der Waals surface area contributed by atoms with Crippen LogP contribution >= 0.6 is 11.6 Å². The van der Waals surface area contributed by atoms with E-state index >= 15 is 0 Å². The number of rotatable bonds is 2. The Morgan fingerprint density at radius 1 is 1.00 bits per heavy atom. The lowest BCUT2D eigenvalue weighted by Gasteiger charge is -2.09. The third-order valence-corrected chi connectivity index (χ3v) is 2.32. The van der Waals surface area contributed by atoms with Crippen LogP contribution in [-0.2, 0) is 0 Å². The van der Waals surface area contributed by atoms with E-state index in [1.165, 1.54) is 12.1 Å². The maximum atomic E-state index is 13.3. The van der Waals surface area contributed by atoms with Gasteiger partial charge in [-0.25, -0.2) is 8.78 Å². The number of benzene rings is 2. The van der Waals surface area contributed by atoms with Gasteiger partial charge in [-0.3, -0.25) is 0 Å². The van der Waals surface area contributed by atoms with Crippen molar-refractivity contribution in [2.45, 2.75) is 0 Å². The monoisotopic (exact) mass is 255 g/mol. The summed E-state index contributed by atoms with van der Waals surface area (Å²) in [6.07, 6.45) is 0. The van der Waals surface area contributed by atoms with Gasteiger partial charge in [0.2, 0.25) is 0 Å². The Labute approximate surface area is 102 Å². The van der Waals surface area contributed by atoms with Crippen LogP contribution < -0.4 is 10.5 Å². The van der Waals surface area contributed by atoms with Gasteiger partial charge in [0.05, 0.1) is 5.69 Å². The Morgan fingerprint density at radius 3 is 2.53 bits per heavy atom. The van der Waals surface area contributed by atoms with Gasteiger partial charge in [0.25, 0.3) is 0 Å². The van der Waals surface area contributed by atoms with Gasteiger partial charge in [-0.15, -0.1) is 0 Å². The highest BCUT2D eigenvalue weighted by molar-refractivity contribution is 6.30. The predicted molar refractivity (Wildman–Crippen MR) is 62.3 cm³/mol. The fourth-order valence-electron chi connectivity index (χ4n) is 1.27. The number of nitrogen functional groups attached to an aromatic ring is 1. The average molecular weight is 256 g/mol. The molecule has 0 aliphatic rings. The van der Waals surface area contributed by atoms with Crippen LogP contribution in [0.2, 0.25) is 5.02 Å². The Hall–Kier alpha value is -1.81. The van der Waals surface area contributed by atoms with E-state index < -0.39 is 11.6 Å². The number of hydrogen-bond donors (Lipinski definition) is 1. The van der Waals surface area contributed by atoms with Gasteiger partial charge < -0.3 is 10.5 Å². The van der Waals surface area contributed by atoms with Crippen LogP contribution in [0.3, 0.4) is 0 Å². The highest BCUT2D eigenvalue weighted by atomic mass is 35.5. The fraction of sp³-hybridized carbons (Fsp3) is 0. The van der Waals surface area contributed by atoms with Crippen LogP contribution in [0.1, 0.15) is 0 Å². The highest BCUT2D eigenvalue weighted by Gasteiger charge is 2.09. The average Bonchev–Trinajstić information content (AvgIpc) is 2.28. The molecule has 0 aliphatic heterocycles. The van der Waals surface area contributed by atoms with Crippen LogP contribution in [0.5, 0.6) is 11.5 Å². The zero-order valence-electron chi connectivity index (χ0n) is 8.58. The molecule has 0 bridgehead atoms. The molecular weight excluding hydrogens is 248 g/mol. The number of anilines is 1. The third-order valence-electron chi connectivity index (χ3n) is 2.09. The molecule has 0 fully saturated rings. The molecular formula is C12H8ClF2NO. The van der Waals surface area contributed by atoms with Crippen LogP contribution in [0.15, 0.2) is 36.4 Å². The smallest absolute Gasteiger partial charge is 0.166 e. The SMILES string of the molecule is Nc1ccc(Cl)cc1Oc1cc(F)ccc1F. The molecule has 0 aromatic heterocycles. The second-order valence-electron chi connectivity index (χ2n) is 3.36. The topological polar surface area (TPSA) is 35.2 Å². The summed E-state index contributed by atoms with van der Waals surface area (Å²) in [7, 11) is 0. The quantitative estimate of drug-likeness (QED) is 0.824. The first kappa shape index (κ1) is 11.7. The molecule has 0 heterocycles. The molecule has 0 spiro atoms. The van der Waals surface area contributed by atoms with Gasteiger partial charge >= 0.3 is 0 Å². The molecule has 0 unspecified atom stereocenters. The summed E-state index contributed by atoms with van der Waals surface area (Å²) in [5.74, 6) is -1.33. The fourth-order valence-corrected chi connectivity index (χ4v) is 1.43. The molecule has 2 aromatic rings. The van der Waals surface area contributed by atoms with E-state index in [4.69, 9.17) is 22.1 Å². The van der Waals surface area contributed by atoms with Crippen molar-refractivity contribution < 1.29 is 13.5 Å². The number of nitrogens with two attached hydrogens (primary N) is 1. The number of ether oxygens (including phenoxy) is 1. The highest BCUT2D eigenvalue weighted by Crippen LogP contribution is 2.31. The zero-order valence-corrected chi connectivity index (χ0v) is 9.34. The van der Waals surface area contributed by atoms with Gasteiger partial charge in [0.1, 0.15) is 5.82 Å². The maximum absolute atomic E-state index is 13.3. The van der Waals surface area contributed by atoms with Crippen molar-refractivity contribution in [1.29, 1.82) is 0 Å². The molecule has 0 saturated carbocycles. The molecule has 17 heavy (non-hydrogen) atoms. The van der Waals surface area contributed by atoms with E-state index in [9.17, 15) is 8.78 Å². The van der Waals surface area contributed by atoms with Crippen LogP contribution in [-0.4, -0.2) is 0 Å². The minimum absolute atomic E-state index is 0.182. The lowest BCUT2D eigenvalue weighted by molar-refractivity contribution is 0.438. The first-order chi connectivity index (χ1) is 8.06. The summed E-state index contributed by atoms with van der Waals surface area (Å²) in [5, 5.41) is 0.394. The lowest BCUT2D eigenvalue weighted by atomic mass is 10.3. The van der Waals surface area contributed by atoms with E-state index in [0.29, 0.717) is 5.02 Å². The molecule has 0 amide bonds. The second-order valence-corrected chi connectivity index (χ2v) is 3.80. The molecule has 0 aliphatic carbocycles. The van der Waals surface area contributed by atoms with Gasteiger partial charge in [-0.05, 0) is 24.3 Å². The Bertz CT molecular complexity index is 511. The van der Waals surface area contributed by atoms with Gasteiger partial charge in [-0.2, -0.15) is 0 Å². The van der Waals surface area contributed by atoms with Crippen molar-refractivity contribution >= 4 is 17.3 Å². The first-order valence-electron chi connectivity index (χ1n) is 4.74. The molecule has 88 valence electrons. The Balaban J connectivity index is 2.37. The van der Waals surface area contributed by atoms with Crippen molar-refractivity contribution in [3.05, 3.63) is 53.1 Å². The van der Waals surface area contributed by atoms with Crippen molar-refractivity contribution in [1.82, 2.24) is 0 Å². The van der Waals surface area contributed by atoms with E-state index in [1.54, 1.807) is 6.07 Å². The van der Waals surface area contributed by atoms with Crippen molar-refractivity contribution in [2.75, 3.05) is 5.73 Å². The molecule has 0 atom stereocenters. The summed E-state index contributed by atoms with van der Waals surface area (Å²) >= 11 is 5.75. The van der Waals surface area contributed by atoms with E-state index in [0.717, 1.165) is 18.2 Å². The Kier molecular flexibility index (Phi) is 3.15. The number of hydrogen-bond acceptors (Lipinski definition) is 2. The zero-order chi connectivity index (χ0) is 12.4. The van der Waals surface area contributed by atoms with E-state index in [1.807, 2.05) is 0 Å². The number of halogens is 3. The molecule has 2 aromatic carbocycles. The largest absolute Gasteiger partial charge is 0.452 e. The normalized spacial score (nSPS) is 10.3. The molecule has 2 nitrogen and oxygen atoms in total. The first-order valence-corrected chi connectivity index (χ1v) is 5.12. The van der Waals surface area contributed by atoms with E-state index in [-0.39, 0.29) is 17.2 Å². The van der Waals surface area contributed by atoms with Crippen LogP contribution in [0.4, 0.5) is 14.5 Å². The van der Waals surface area contributed by atoms with Crippen molar-refractivity contribution in [2.24, 2.45) is 0 Å². The van der Waals surface area contributed by atoms with Crippen LogP contribution in [0, 0.1) is 11.6 Å². The minimum atomic E-state index is -0.675. The second kappa shape index (κ2) is 4.59. The summed E-state index contributed by atoms with van der Waals surface area (Å²) in [6.45, 7) is 0. The maximum Gasteiger partial charge on any atom is 0.166 e. The molecule has 2 N–H and O–H groups in total. The summed E-state index contributed by atoms with van der Waals surface area (Å²) in [5.41, 5.74) is 5.92. The van der Waals surface area contributed by atoms with Crippen molar-refractivity contribution in [3.8, 4) is 11.5 Å². The molecule has 2 rings (SSSR count). The molecule has 0 radical (unpaired) electrons. The van der Waals surface area contributed by atoms with Crippen molar-refractivity contribution in [3.63, 3.8) is 0 Å². The summed E-state index contributed by atoms with van der Waals surface area (Å²) in [6, 6.07) is 7.45. The third kappa shape index (κ3) is 2.65. The van der Waals surface area contributed by atoms with Gasteiger partial charge in [-0.1, -0.05) is 11.6 Å². The van der Waals surface area contributed by atoms with Gasteiger partial charge in [0.15, 0.2) is 17.3 Å². The van der Waals surface area contributed by atoms with E-state index in [2.05, 4.69) is 0 Å². The Morgan fingerprint density at radius 2 is 1.76 bits per heavy atom. The molecule has 0 saturated heterocycles. The molecule has 5 heteroatoms. The lowest BCUT2D eigenvalue weighted by Crippen LogP contribution is -1.94. The van der Waals surface area contributed by atoms with Crippen LogP contribution in [0.25, 0.3) is 0 Å². The minimum Gasteiger partial charge on any atom is -0.452 e.